The van der Waals surface area contributed by atoms with Crippen LogP contribution in [-0.2, 0) is 23.4 Å². The first-order chi connectivity index (χ1) is 13.3. The Morgan fingerprint density at radius 2 is 1.75 bits per heavy atom. The van der Waals surface area contributed by atoms with Gasteiger partial charge in [-0.25, -0.2) is 4.98 Å². The van der Waals surface area contributed by atoms with E-state index in [1.165, 1.54) is 12.4 Å². The van der Waals surface area contributed by atoms with E-state index in [9.17, 15) is 10.1 Å². The van der Waals surface area contributed by atoms with Gasteiger partial charge in [0.15, 0.2) is 5.60 Å². The van der Waals surface area contributed by atoms with Gasteiger partial charge >= 0.3 is 0 Å². The van der Waals surface area contributed by atoms with Crippen LogP contribution in [0.15, 0.2) is 55.1 Å². The van der Waals surface area contributed by atoms with Gasteiger partial charge in [-0.05, 0) is 29.8 Å². The van der Waals surface area contributed by atoms with Gasteiger partial charge in [-0.1, -0.05) is 58.5 Å². The van der Waals surface area contributed by atoms with E-state index in [0.29, 0.717) is 26.2 Å². The number of hydrogen-bond donors (Lipinski definition) is 0. The molecule has 2 aromatic carbocycles. The molecule has 0 bridgehead atoms. The number of benzene rings is 2. The van der Waals surface area contributed by atoms with Gasteiger partial charge in [0.1, 0.15) is 0 Å². The standard InChI is InChI=1S/C18H13Cl4N3O3/c19-13-2-1-12(16(21)7-13)9-18(28-25(26)27,10-24-6-5-23-11-24)15-4-3-14(20)8-17(15)22/h1-8,11H,9-10H2. The maximum Gasteiger partial charge on any atom is 0.295 e. The van der Waals surface area contributed by atoms with Crippen LogP contribution in [0.1, 0.15) is 11.1 Å². The monoisotopic (exact) mass is 459 g/mol. The number of rotatable bonds is 7. The Labute approximate surface area is 180 Å². The Hall–Kier alpha value is -1.99. The van der Waals surface area contributed by atoms with Gasteiger partial charge in [0.25, 0.3) is 5.09 Å². The van der Waals surface area contributed by atoms with Crippen LogP contribution in [0.4, 0.5) is 0 Å². The predicted molar refractivity (Wildman–Crippen MR) is 109 cm³/mol. The van der Waals surface area contributed by atoms with Crippen LogP contribution in [0.3, 0.4) is 0 Å². The van der Waals surface area contributed by atoms with Gasteiger partial charge < -0.3 is 9.40 Å². The fourth-order valence-corrected chi connectivity index (χ4v) is 4.05. The summed E-state index contributed by atoms with van der Waals surface area (Å²) >= 11 is 24.7. The summed E-state index contributed by atoms with van der Waals surface area (Å²) in [6.45, 7) is 0.0638. The smallest absolute Gasteiger partial charge is 0.295 e. The highest BCUT2D eigenvalue weighted by molar-refractivity contribution is 6.35. The van der Waals surface area contributed by atoms with Gasteiger partial charge in [0.2, 0.25) is 0 Å². The van der Waals surface area contributed by atoms with E-state index in [2.05, 4.69) is 4.98 Å². The lowest BCUT2D eigenvalue weighted by atomic mass is 9.86. The summed E-state index contributed by atoms with van der Waals surface area (Å²) in [6.07, 6.45) is 4.83. The predicted octanol–water partition coefficient (Wildman–Crippen LogP) is 5.84. The average Bonchev–Trinajstić information content (AvgIpc) is 3.09. The molecule has 146 valence electrons. The number of halogens is 4. The summed E-state index contributed by atoms with van der Waals surface area (Å²) in [5.41, 5.74) is -0.474. The van der Waals surface area contributed by atoms with E-state index in [0.717, 1.165) is 0 Å². The van der Waals surface area contributed by atoms with Gasteiger partial charge in [0.05, 0.1) is 12.9 Å². The highest BCUT2D eigenvalue weighted by Crippen LogP contribution is 2.39. The first-order valence-corrected chi connectivity index (χ1v) is 9.49. The first-order valence-electron chi connectivity index (χ1n) is 7.98. The zero-order chi connectivity index (χ0) is 20.3. The maximum absolute atomic E-state index is 11.5. The molecule has 0 spiro atoms. The third kappa shape index (κ3) is 4.70. The van der Waals surface area contributed by atoms with Crippen LogP contribution in [0, 0.1) is 10.1 Å². The van der Waals surface area contributed by atoms with Gasteiger partial charge in [-0.2, -0.15) is 0 Å². The van der Waals surface area contributed by atoms with E-state index < -0.39 is 10.7 Å². The van der Waals surface area contributed by atoms with E-state index in [1.54, 1.807) is 47.3 Å². The molecular formula is C18H13Cl4N3O3. The van der Waals surface area contributed by atoms with Crippen LogP contribution in [0.2, 0.25) is 20.1 Å². The minimum absolute atomic E-state index is 0.0590. The molecule has 10 heteroatoms. The largest absolute Gasteiger partial charge is 0.335 e. The van der Waals surface area contributed by atoms with Crippen LogP contribution in [-0.4, -0.2) is 14.6 Å². The molecule has 0 saturated heterocycles. The highest BCUT2D eigenvalue weighted by Gasteiger charge is 2.40. The molecule has 6 nitrogen and oxygen atoms in total. The molecule has 1 aromatic heterocycles. The third-order valence-electron chi connectivity index (χ3n) is 4.16. The zero-order valence-corrected chi connectivity index (χ0v) is 17.2. The molecule has 0 aliphatic rings. The summed E-state index contributed by atoms with van der Waals surface area (Å²) in [4.78, 5) is 20.7. The summed E-state index contributed by atoms with van der Waals surface area (Å²) in [5, 5.41) is 12.1. The molecule has 0 radical (unpaired) electrons. The molecule has 0 fully saturated rings. The second-order valence-corrected chi connectivity index (χ2v) is 7.77. The van der Waals surface area contributed by atoms with Crippen molar-refractivity contribution < 1.29 is 9.92 Å². The molecule has 0 aliphatic heterocycles. The van der Waals surface area contributed by atoms with Crippen molar-refractivity contribution >= 4 is 46.4 Å². The Morgan fingerprint density at radius 3 is 2.32 bits per heavy atom. The van der Waals surface area contributed by atoms with Crippen molar-refractivity contribution in [2.75, 3.05) is 0 Å². The Balaban J connectivity index is 2.17. The minimum atomic E-state index is -1.48. The van der Waals surface area contributed by atoms with E-state index in [4.69, 9.17) is 51.2 Å². The summed E-state index contributed by atoms with van der Waals surface area (Å²) in [7, 11) is 0. The Morgan fingerprint density at radius 1 is 1.07 bits per heavy atom. The van der Waals surface area contributed by atoms with E-state index >= 15 is 0 Å². The second kappa shape index (κ2) is 8.57. The number of imidazole rings is 1. The molecule has 28 heavy (non-hydrogen) atoms. The SMILES string of the molecule is O=[N+]([O-])OC(Cc1ccc(Cl)cc1Cl)(Cn1ccnc1)c1ccc(Cl)cc1Cl. The molecule has 0 saturated carbocycles. The maximum atomic E-state index is 11.5. The average molecular weight is 461 g/mol. The summed E-state index contributed by atoms with van der Waals surface area (Å²) < 4.78 is 1.66. The van der Waals surface area contributed by atoms with Crippen LogP contribution in [0.25, 0.3) is 0 Å². The van der Waals surface area contributed by atoms with Gasteiger partial charge in [-0.15, -0.1) is 10.1 Å². The lowest BCUT2D eigenvalue weighted by Crippen LogP contribution is -2.39. The van der Waals surface area contributed by atoms with Gasteiger partial charge in [0, 0.05) is 44.5 Å². The van der Waals surface area contributed by atoms with E-state index in [-0.39, 0.29) is 18.0 Å². The molecule has 3 rings (SSSR count). The summed E-state index contributed by atoms with van der Waals surface area (Å²) in [5.74, 6) is 0. The van der Waals surface area contributed by atoms with Crippen molar-refractivity contribution in [1.29, 1.82) is 0 Å². The molecule has 0 aliphatic carbocycles. The lowest BCUT2D eigenvalue weighted by molar-refractivity contribution is -0.785. The lowest BCUT2D eigenvalue weighted by Gasteiger charge is -2.33. The van der Waals surface area contributed by atoms with Crippen molar-refractivity contribution in [3.8, 4) is 0 Å². The number of nitrogens with zero attached hydrogens (tertiary/aromatic N) is 3. The van der Waals surface area contributed by atoms with Crippen molar-refractivity contribution in [2.24, 2.45) is 0 Å². The highest BCUT2D eigenvalue weighted by atomic mass is 35.5. The Kier molecular flexibility index (Phi) is 6.35. The molecule has 1 heterocycles. The van der Waals surface area contributed by atoms with Crippen LogP contribution < -0.4 is 0 Å². The normalized spacial score (nSPS) is 13.1. The third-order valence-corrected chi connectivity index (χ3v) is 5.29. The molecule has 0 N–H and O–H groups in total. The van der Waals surface area contributed by atoms with Gasteiger partial charge in [-0.3, -0.25) is 0 Å². The van der Waals surface area contributed by atoms with Crippen molar-refractivity contribution in [2.45, 2.75) is 18.6 Å². The zero-order valence-electron chi connectivity index (χ0n) is 14.2. The quantitative estimate of drug-likeness (QED) is 0.327. The number of hydrogen-bond acceptors (Lipinski definition) is 4. The van der Waals surface area contributed by atoms with Crippen molar-refractivity contribution in [3.63, 3.8) is 0 Å². The van der Waals surface area contributed by atoms with Crippen LogP contribution >= 0.6 is 46.4 Å². The molecule has 1 atom stereocenters. The number of aromatic nitrogens is 2. The first kappa shape index (κ1) is 20.7. The Bertz CT molecular complexity index is 998. The van der Waals surface area contributed by atoms with Crippen LogP contribution in [0.5, 0.6) is 0 Å². The van der Waals surface area contributed by atoms with Crippen molar-refractivity contribution in [1.82, 2.24) is 9.55 Å². The second-order valence-electron chi connectivity index (χ2n) is 6.08. The fourth-order valence-electron chi connectivity index (χ4n) is 3.00. The molecule has 3 aromatic rings. The minimum Gasteiger partial charge on any atom is -0.335 e. The molecule has 0 amide bonds. The summed E-state index contributed by atoms with van der Waals surface area (Å²) in [6, 6.07) is 9.62. The molecule has 1 unspecified atom stereocenters. The molecular weight excluding hydrogens is 448 g/mol. The van der Waals surface area contributed by atoms with E-state index in [1.807, 2.05) is 0 Å². The van der Waals surface area contributed by atoms with Crippen molar-refractivity contribution in [3.05, 3.63) is 96.5 Å². The topological polar surface area (TPSA) is 70.2 Å². The fraction of sp³-hybridized carbons (Fsp3) is 0.167.